The van der Waals surface area contributed by atoms with Crippen molar-refractivity contribution in [3.05, 3.63) is 35.5 Å². The van der Waals surface area contributed by atoms with E-state index in [4.69, 9.17) is 0 Å². The summed E-state index contributed by atoms with van der Waals surface area (Å²) in [6.07, 6.45) is 0.930. The van der Waals surface area contributed by atoms with E-state index in [2.05, 4.69) is 0 Å². The molecule has 3 rings (SSSR count). The molecule has 2 aromatic rings. The molecule has 18 heavy (non-hydrogen) atoms. The number of aliphatic hydroxyl groups excluding tert-OH is 1. The predicted octanol–water partition coefficient (Wildman–Crippen LogP) is 1.90. The highest BCUT2D eigenvalue weighted by atomic mass is 19.2. The molecule has 0 saturated heterocycles. The number of aromatic nitrogens is 1. The van der Waals surface area contributed by atoms with Crippen molar-refractivity contribution in [3.63, 3.8) is 0 Å². The molecular weight excluding hydrogens is 238 g/mol. The largest absolute Gasteiger partial charge is 0.387 e. The third-order valence-corrected chi connectivity index (χ3v) is 3.70. The highest BCUT2D eigenvalue weighted by molar-refractivity contribution is 5.85. The van der Waals surface area contributed by atoms with Crippen molar-refractivity contribution in [3.8, 4) is 0 Å². The Bertz CT molecular complexity index is 621. The lowest BCUT2D eigenvalue weighted by Gasteiger charge is -2.34. The molecule has 2 atom stereocenters. The van der Waals surface area contributed by atoms with Crippen molar-refractivity contribution in [2.45, 2.75) is 18.7 Å². The van der Waals surface area contributed by atoms with Gasteiger partial charge in [-0.15, -0.1) is 0 Å². The van der Waals surface area contributed by atoms with Crippen molar-refractivity contribution in [1.82, 2.24) is 9.47 Å². The summed E-state index contributed by atoms with van der Waals surface area (Å²) in [6.45, 7) is 0.565. The van der Waals surface area contributed by atoms with Crippen LogP contribution in [0.5, 0.6) is 0 Å². The molecule has 1 aromatic heterocycles. The Morgan fingerprint density at radius 1 is 1.39 bits per heavy atom. The first kappa shape index (κ1) is 11.6. The molecule has 0 aliphatic carbocycles. The van der Waals surface area contributed by atoms with Gasteiger partial charge in [0.05, 0.1) is 17.7 Å². The van der Waals surface area contributed by atoms with Gasteiger partial charge < -0.3 is 14.6 Å². The maximum Gasteiger partial charge on any atom is 0.168 e. The van der Waals surface area contributed by atoms with Crippen LogP contribution < -0.4 is 0 Å². The topological polar surface area (TPSA) is 28.4 Å². The molecule has 1 aliphatic heterocycles. The van der Waals surface area contributed by atoms with Crippen LogP contribution in [0.25, 0.3) is 10.9 Å². The predicted molar refractivity (Wildman–Crippen MR) is 64.3 cm³/mol. The van der Waals surface area contributed by atoms with E-state index in [0.717, 1.165) is 6.07 Å². The molecule has 1 N–H and O–H groups in total. The second kappa shape index (κ2) is 3.76. The Morgan fingerprint density at radius 3 is 2.78 bits per heavy atom. The smallest absolute Gasteiger partial charge is 0.168 e. The van der Waals surface area contributed by atoms with Gasteiger partial charge in [0, 0.05) is 23.7 Å². The SMILES string of the molecule is CN(C)C1Cn2ccc3c(F)c(F)cc(c32)C1O. The van der Waals surface area contributed by atoms with Crippen molar-refractivity contribution in [1.29, 1.82) is 0 Å². The number of halogens is 2. The normalized spacial score (nSPS) is 23.0. The Hall–Kier alpha value is -1.46. The van der Waals surface area contributed by atoms with Gasteiger partial charge in [-0.25, -0.2) is 8.78 Å². The van der Waals surface area contributed by atoms with Crippen LogP contribution in [0, 0.1) is 11.6 Å². The maximum absolute atomic E-state index is 13.7. The molecule has 96 valence electrons. The van der Waals surface area contributed by atoms with Gasteiger partial charge in [-0.3, -0.25) is 0 Å². The Balaban J connectivity index is 2.29. The monoisotopic (exact) mass is 252 g/mol. The van der Waals surface area contributed by atoms with Crippen LogP contribution in [0.1, 0.15) is 11.7 Å². The van der Waals surface area contributed by atoms with E-state index in [1.165, 1.54) is 0 Å². The van der Waals surface area contributed by atoms with Crippen LogP contribution in [-0.4, -0.2) is 34.7 Å². The van der Waals surface area contributed by atoms with E-state index in [-0.39, 0.29) is 11.4 Å². The highest BCUT2D eigenvalue weighted by Crippen LogP contribution is 2.36. The number of benzene rings is 1. The average molecular weight is 252 g/mol. The van der Waals surface area contributed by atoms with Crippen LogP contribution in [0.2, 0.25) is 0 Å². The minimum absolute atomic E-state index is 0.141. The van der Waals surface area contributed by atoms with Gasteiger partial charge >= 0.3 is 0 Å². The Kier molecular flexibility index (Phi) is 2.43. The van der Waals surface area contributed by atoms with E-state index in [9.17, 15) is 13.9 Å². The van der Waals surface area contributed by atoms with Crippen LogP contribution in [0.4, 0.5) is 8.78 Å². The minimum atomic E-state index is -0.909. The Morgan fingerprint density at radius 2 is 2.11 bits per heavy atom. The van der Waals surface area contributed by atoms with E-state index in [0.29, 0.717) is 17.6 Å². The fraction of sp³-hybridized carbons (Fsp3) is 0.385. The minimum Gasteiger partial charge on any atom is -0.387 e. The number of likely N-dealkylation sites (N-methyl/N-ethyl adjacent to an activating group) is 1. The summed E-state index contributed by atoms with van der Waals surface area (Å²) in [5.41, 5.74) is 1.05. The molecule has 0 radical (unpaired) electrons. The fourth-order valence-corrected chi connectivity index (χ4v) is 2.70. The average Bonchev–Trinajstić information content (AvgIpc) is 2.73. The van der Waals surface area contributed by atoms with Gasteiger partial charge in [0.25, 0.3) is 0 Å². The van der Waals surface area contributed by atoms with Crippen molar-refractivity contribution in [2.75, 3.05) is 14.1 Å². The zero-order chi connectivity index (χ0) is 13.0. The van der Waals surface area contributed by atoms with Crippen molar-refractivity contribution >= 4 is 10.9 Å². The zero-order valence-corrected chi connectivity index (χ0v) is 10.2. The summed E-state index contributed by atoms with van der Waals surface area (Å²) in [4.78, 5) is 1.89. The molecule has 0 bridgehead atoms. The molecule has 0 amide bonds. The first-order chi connectivity index (χ1) is 8.50. The summed E-state index contributed by atoms with van der Waals surface area (Å²) >= 11 is 0. The van der Waals surface area contributed by atoms with Gasteiger partial charge in [-0.2, -0.15) is 0 Å². The molecule has 1 aromatic carbocycles. The summed E-state index contributed by atoms with van der Waals surface area (Å²) in [6, 6.07) is 2.52. The lowest BCUT2D eigenvalue weighted by molar-refractivity contribution is 0.0610. The van der Waals surface area contributed by atoms with Crippen LogP contribution in [0.15, 0.2) is 18.3 Å². The molecule has 1 aliphatic rings. The van der Waals surface area contributed by atoms with Crippen LogP contribution >= 0.6 is 0 Å². The summed E-state index contributed by atoms with van der Waals surface area (Å²) in [7, 11) is 3.72. The van der Waals surface area contributed by atoms with E-state index >= 15 is 0 Å². The molecule has 3 nitrogen and oxygen atoms in total. The maximum atomic E-state index is 13.7. The van der Waals surface area contributed by atoms with Crippen molar-refractivity contribution < 1.29 is 13.9 Å². The van der Waals surface area contributed by atoms with Crippen LogP contribution in [-0.2, 0) is 6.54 Å². The van der Waals surface area contributed by atoms with Gasteiger partial charge in [0.1, 0.15) is 0 Å². The summed E-state index contributed by atoms with van der Waals surface area (Å²) in [5.74, 6) is -1.75. The zero-order valence-electron chi connectivity index (χ0n) is 10.2. The quantitative estimate of drug-likeness (QED) is 0.839. The molecule has 2 unspecified atom stereocenters. The second-order valence-electron chi connectivity index (χ2n) is 4.97. The van der Waals surface area contributed by atoms with E-state index < -0.39 is 17.7 Å². The first-order valence-corrected chi connectivity index (χ1v) is 5.82. The fourth-order valence-electron chi connectivity index (χ4n) is 2.70. The number of hydrogen-bond acceptors (Lipinski definition) is 2. The summed E-state index contributed by atoms with van der Waals surface area (Å²) < 4.78 is 29.0. The van der Waals surface area contributed by atoms with Crippen LogP contribution in [0.3, 0.4) is 0 Å². The van der Waals surface area contributed by atoms with Crippen molar-refractivity contribution in [2.24, 2.45) is 0 Å². The van der Waals surface area contributed by atoms with Gasteiger partial charge in [0.2, 0.25) is 0 Å². The molecule has 0 spiro atoms. The van der Waals surface area contributed by atoms with Gasteiger partial charge in [-0.05, 0) is 26.2 Å². The van der Waals surface area contributed by atoms with E-state index in [1.54, 1.807) is 12.3 Å². The third-order valence-electron chi connectivity index (χ3n) is 3.70. The lowest BCUT2D eigenvalue weighted by atomic mass is 9.95. The standard InChI is InChI=1S/C13H14F2N2O/c1-16(2)10-6-17-4-3-7-11(15)9(14)5-8(12(7)17)13(10)18/h3-5,10,13,18H,6H2,1-2H3. The highest BCUT2D eigenvalue weighted by Gasteiger charge is 2.32. The van der Waals surface area contributed by atoms with Gasteiger partial charge in [0.15, 0.2) is 11.6 Å². The van der Waals surface area contributed by atoms with E-state index in [1.807, 2.05) is 23.6 Å². The molecular formula is C13H14F2N2O. The lowest BCUT2D eigenvalue weighted by Crippen LogP contribution is -2.40. The number of aliphatic hydroxyl groups is 1. The van der Waals surface area contributed by atoms with Gasteiger partial charge in [-0.1, -0.05) is 0 Å². The molecule has 0 fully saturated rings. The number of hydrogen-bond donors (Lipinski definition) is 1. The molecule has 5 heteroatoms. The second-order valence-corrected chi connectivity index (χ2v) is 4.97. The number of rotatable bonds is 1. The number of nitrogens with zero attached hydrogens (tertiary/aromatic N) is 2. The molecule has 2 heterocycles. The summed E-state index contributed by atoms with van der Waals surface area (Å²) in [5, 5.41) is 10.5. The first-order valence-electron chi connectivity index (χ1n) is 5.82. The molecule has 0 saturated carbocycles. The Labute approximate surface area is 103 Å². The third kappa shape index (κ3) is 1.41.